The van der Waals surface area contributed by atoms with Crippen LogP contribution in [0.25, 0.3) is 0 Å². The molecule has 8 heteroatoms. The van der Waals surface area contributed by atoms with Crippen molar-refractivity contribution in [2.45, 2.75) is 18.4 Å². The van der Waals surface area contributed by atoms with Crippen LogP contribution in [0.5, 0.6) is 5.75 Å². The summed E-state index contributed by atoms with van der Waals surface area (Å²) in [5, 5.41) is 18.8. The number of alkyl halides is 3. The maximum atomic E-state index is 11.9. The van der Waals surface area contributed by atoms with Gasteiger partial charge in [-0.2, -0.15) is 13.2 Å². The van der Waals surface area contributed by atoms with Gasteiger partial charge in [0.25, 0.3) is 0 Å². The van der Waals surface area contributed by atoms with Gasteiger partial charge in [0.15, 0.2) is 12.7 Å². The standard InChI is InChI=1S/C11H12F3NO4/c12-11(13,14)5-19-7-3-1-6(2-4-7)8(16)9(17)10(15)18/h1-4,8-9,16-17H,5H2,(H2,15,18). The average Bonchev–Trinajstić information content (AvgIpc) is 2.34. The van der Waals surface area contributed by atoms with Crippen LogP contribution in [-0.2, 0) is 4.79 Å². The lowest BCUT2D eigenvalue weighted by molar-refractivity contribution is -0.153. The molecule has 1 aromatic carbocycles. The van der Waals surface area contributed by atoms with Crippen molar-refractivity contribution in [2.24, 2.45) is 5.73 Å². The van der Waals surface area contributed by atoms with Gasteiger partial charge in [-0.3, -0.25) is 4.79 Å². The van der Waals surface area contributed by atoms with Gasteiger partial charge in [-0.05, 0) is 17.7 Å². The minimum atomic E-state index is -4.44. The van der Waals surface area contributed by atoms with Gasteiger partial charge in [0.1, 0.15) is 11.9 Å². The zero-order valence-electron chi connectivity index (χ0n) is 9.59. The van der Waals surface area contributed by atoms with Crippen molar-refractivity contribution >= 4 is 5.91 Å². The van der Waals surface area contributed by atoms with E-state index >= 15 is 0 Å². The minimum Gasteiger partial charge on any atom is -0.484 e. The van der Waals surface area contributed by atoms with E-state index in [1.165, 1.54) is 24.3 Å². The molecule has 0 fully saturated rings. The molecule has 1 rings (SSSR count). The molecule has 0 aliphatic carbocycles. The topological polar surface area (TPSA) is 92.8 Å². The van der Waals surface area contributed by atoms with Crippen molar-refractivity contribution in [2.75, 3.05) is 6.61 Å². The quantitative estimate of drug-likeness (QED) is 0.732. The lowest BCUT2D eigenvalue weighted by atomic mass is 10.0. The number of aliphatic hydroxyl groups excluding tert-OH is 2. The molecular weight excluding hydrogens is 267 g/mol. The summed E-state index contributed by atoms with van der Waals surface area (Å²) in [6.07, 6.45) is -7.78. The zero-order valence-corrected chi connectivity index (χ0v) is 9.59. The number of primary amides is 1. The van der Waals surface area contributed by atoms with Crippen molar-refractivity contribution in [3.8, 4) is 5.75 Å². The first-order chi connectivity index (χ1) is 8.70. The largest absolute Gasteiger partial charge is 0.484 e. The highest BCUT2D eigenvalue weighted by Gasteiger charge is 2.28. The SMILES string of the molecule is NC(=O)C(O)C(O)c1ccc(OCC(F)(F)F)cc1. The third-order valence-electron chi connectivity index (χ3n) is 2.21. The summed E-state index contributed by atoms with van der Waals surface area (Å²) in [5.41, 5.74) is 4.93. The summed E-state index contributed by atoms with van der Waals surface area (Å²) in [7, 11) is 0. The Morgan fingerprint density at radius 3 is 2.21 bits per heavy atom. The molecule has 0 aromatic heterocycles. The molecule has 106 valence electrons. The van der Waals surface area contributed by atoms with Gasteiger partial charge in [0, 0.05) is 0 Å². The number of nitrogens with two attached hydrogens (primary N) is 1. The van der Waals surface area contributed by atoms with Crippen molar-refractivity contribution < 1.29 is 32.9 Å². The third-order valence-corrected chi connectivity index (χ3v) is 2.21. The van der Waals surface area contributed by atoms with Crippen LogP contribution in [0.4, 0.5) is 13.2 Å². The van der Waals surface area contributed by atoms with Gasteiger partial charge < -0.3 is 20.7 Å². The molecule has 4 N–H and O–H groups in total. The van der Waals surface area contributed by atoms with E-state index in [9.17, 15) is 28.2 Å². The second-order valence-electron chi connectivity index (χ2n) is 3.76. The molecule has 5 nitrogen and oxygen atoms in total. The fourth-order valence-corrected chi connectivity index (χ4v) is 1.26. The first kappa shape index (κ1) is 15.3. The van der Waals surface area contributed by atoms with Crippen LogP contribution in [0.3, 0.4) is 0 Å². The number of amides is 1. The first-order valence-electron chi connectivity index (χ1n) is 5.15. The van der Waals surface area contributed by atoms with Crippen LogP contribution in [0.2, 0.25) is 0 Å². The van der Waals surface area contributed by atoms with Gasteiger partial charge in [0.05, 0.1) is 0 Å². The zero-order chi connectivity index (χ0) is 14.6. The molecular formula is C11H12F3NO4. The molecule has 0 heterocycles. The first-order valence-corrected chi connectivity index (χ1v) is 5.15. The van der Waals surface area contributed by atoms with Crippen LogP contribution in [0.1, 0.15) is 11.7 Å². The van der Waals surface area contributed by atoms with E-state index in [0.717, 1.165) is 0 Å². The molecule has 0 radical (unpaired) electrons. The van der Waals surface area contributed by atoms with Gasteiger partial charge in [-0.15, -0.1) is 0 Å². The number of benzene rings is 1. The normalized spacial score (nSPS) is 14.8. The Kier molecular flexibility index (Phi) is 4.73. The van der Waals surface area contributed by atoms with Crippen molar-refractivity contribution in [1.29, 1.82) is 0 Å². The predicted molar refractivity (Wildman–Crippen MR) is 58.2 cm³/mol. The molecule has 2 atom stereocenters. The van der Waals surface area contributed by atoms with E-state index in [1.807, 2.05) is 0 Å². The van der Waals surface area contributed by atoms with Crippen LogP contribution < -0.4 is 10.5 Å². The Balaban J connectivity index is 2.68. The summed E-state index contributed by atoms with van der Waals surface area (Å²) in [6.45, 7) is -1.43. The minimum absolute atomic E-state index is 0.0539. The lowest BCUT2D eigenvalue weighted by Crippen LogP contribution is -2.33. The van der Waals surface area contributed by atoms with E-state index < -0.39 is 30.9 Å². The Hall–Kier alpha value is -1.80. The number of hydrogen-bond donors (Lipinski definition) is 3. The number of ether oxygens (including phenoxy) is 1. The van der Waals surface area contributed by atoms with Crippen LogP contribution in [0.15, 0.2) is 24.3 Å². The molecule has 1 aromatic rings. The Labute approximate surface area is 106 Å². The van der Waals surface area contributed by atoms with Crippen LogP contribution >= 0.6 is 0 Å². The Morgan fingerprint density at radius 2 is 1.79 bits per heavy atom. The highest BCUT2D eigenvalue weighted by Crippen LogP contribution is 2.22. The second kappa shape index (κ2) is 5.89. The maximum absolute atomic E-state index is 11.9. The predicted octanol–water partition coefficient (Wildman–Crippen LogP) is 0.507. The Morgan fingerprint density at radius 1 is 1.26 bits per heavy atom. The fraction of sp³-hybridized carbons (Fsp3) is 0.364. The number of aliphatic hydroxyl groups is 2. The highest BCUT2D eigenvalue weighted by atomic mass is 19.4. The number of halogens is 3. The summed E-state index contributed by atoms with van der Waals surface area (Å²) in [5.74, 6) is -1.16. The molecule has 0 aliphatic rings. The van der Waals surface area contributed by atoms with Gasteiger partial charge >= 0.3 is 6.18 Å². The maximum Gasteiger partial charge on any atom is 0.422 e. The van der Waals surface area contributed by atoms with Gasteiger partial charge in [-0.25, -0.2) is 0 Å². The van der Waals surface area contributed by atoms with Crippen LogP contribution in [0, 0.1) is 0 Å². The number of carbonyl (C=O) groups excluding carboxylic acids is 1. The van der Waals surface area contributed by atoms with Crippen molar-refractivity contribution in [3.05, 3.63) is 29.8 Å². The van der Waals surface area contributed by atoms with Crippen LogP contribution in [-0.4, -0.2) is 35.0 Å². The molecule has 0 saturated carbocycles. The average molecular weight is 279 g/mol. The Bertz CT molecular complexity index is 433. The highest BCUT2D eigenvalue weighted by molar-refractivity contribution is 5.79. The summed E-state index contributed by atoms with van der Waals surface area (Å²) in [4.78, 5) is 10.7. The summed E-state index contributed by atoms with van der Waals surface area (Å²) in [6, 6.07) is 4.81. The molecule has 1 amide bonds. The lowest BCUT2D eigenvalue weighted by Gasteiger charge is -2.15. The number of carbonyl (C=O) groups is 1. The third kappa shape index (κ3) is 4.76. The molecule has 2 unspecified atom stereocenters. The van der Waals surface area contributed by atoms with Crippen molar-refractivity contribution in [3.63, 3.8) is 0 Å². The molecule has 0 spiro atoms. The smallest absolute Gasteiger partial charge is 0.422 e. The molecule has 19 heavy (non-hydrogen) atoms. The fourth-order valence-electron chi connectivity index (χ4n) is 1.26. The van der Waals surface area contributed by atoms with E-state index in [-0.39, 0.29) is 11.3 Å². The van der Waals surface area contributed by atoms with E-state index in [2.05, 4.69) is 4.74 Å². The second-order valence-corrected chi connectivity index (χ2v) is 3.76. The number of hydrogen-bond acceptors (Lipinski definition) is 4. The van der Waals surface area contributed by atoms with E-state index in [0.29, 0.717) is 0 Å². The van der Waals surface area contributed by atoms with Gasteiger partial charge in [-0.1, -0.05) is 12.1 Å². The van der Waals surface area contributed by atoms with Crippen molar-refractivity contribution in [1.82, 2.24) is 0 Å². The summed E-state index contributed by atoms with van der Waals surface area (Å²) >= 11 is 0. The molecule has 0 aliphatic heterocycles. The monoisotopic (exact) mass is 279 g/mol. The van der Waals surface area contributed by atoms with E-state index in [1.54, 1.807) is 0 Å². The molecule has 0 saturated heterocycles. The molecule has 0 bridgehead atoms. The van der Waals surface area contributed by atoms with E-state index in [4.69, 9.17) is 5.73 Å². The number of rotatable bonds is 5. The van der Waals surface area contributed by atoms with Gasteiger partial charge in [0.2, 0.25) is 5.91 Å². The summed E-state index contributed by atoms with van der Waals surface area (Å²) < 4.78 is 40.1.